The van der Waals surface area contributed by atoms with Gasteiger partial charge in [0.25, 0.3) is 0 Å². The highest BCUT2D eigenvalue weighted by Crippen LogP contribution is 2.34. The molecule has 0 spiro atoms. The van der Waals surface area contributed by atoms with Crippen LogP contribution in [0, 0.1) is 17.7 Å². The highest BCUT2D eigenvalue weighted by Gasteiger charge is 2.19. The fraction of sp³-hybridized carbons (Fsp3) is 0.619. The third-order valence-corrected chi connectivity index (χ3v) is 5.10. The maximum atomic E-state index is 12.8. The third kappa shape index (κ3) is 6.34. The molecule has 0 heterocycles. The van der Waals surface area contributed by atoms with Gasteiger partial charge < -0.3 is 0 Å². The van der Waals surface area contributed by atoms with Gasteiger partial charge >= 0.3 is 0 Å². The van der Waals surface area contributed by atoms with Crippen LogP contribution in [-0.4, -0.2) is 0 Å². The molecule has 0 radical (unpaired) electrons. The second kappa shape index (κ2) is 9.82. The molecule has 0 nitrogen and oxygen atoms in total. The van der Waals surface area contributed by atoms with Crippen molar-refractivity contribution in [1.29, 1.82) is 0 Å². The molecule has 1 aliphatic carbocycles. The van der Waals surface area contributed by atoms with Crippen LogP contribution in [0.3, 0.4) is 0 Å². The van der Waals surface area contributed by atoms with Gasteiger partial charge in [-0.05, 0) is 42.4 Å². The quantitative estimate of drug-likeness (QED) is 0.453. The fourth-order valence-electron chi connectivity index (χ4n) is 3.62. The van der Waals surface area contributed by atoms with Gasteiger partial charge in [0.05, 0.1) is 0 Å². The molecule has 22 heavy (non-hydrogen) atoms. The van der Waals surface area contributed by atoms with E-state index < -0.39 is 0 Å². The van der Waals surface area contributed by atoms with Gasteiger partial charge in [0, 0.05) is 0 Å². The molecule has 0 saturated heterocycles. The van der Waals surface area contributed by atoms with Crippen molar-refractivity contribution in [3.8, 4) is 0 Å². The molecule has 0 N–H and O–H groups in total. The zero-order chi connectivity index (χ0) is 15.6. The minimum atomic E-state index is -0.159. The molecule has 0 bridgehead atoms. The summed E-state index contributed by atoms with van der Waals surface area (Å²) in [5.74, 6) is 1.78. The molecule has 0 unspecified atom stereocenters. The Kier molecular flexibility index (Phi) is 7.70. The van der Waals surface area contributed by atoms with E-state index in [1.165, 1.54) is 69.9 Å². The van der Waals surface area contributed by atoms with Crippen molar-refractivity contribution < 1.29 is 4.39 Å². The Hall–Kier alpha value is -1.11. The molecule has 1 saturated carbocycles. The first kappa shape index (κ1) is 17.2. The van der Waals surface area contributed by atoms with Crippen molar-refractivity contribution in [2.45, 2.75) is 71.1 Å². The van der Waals surface area contributed by atoms with Crippen LogP contribution >= 0.6 is 0 Å². The summed E-state index contributed by atoms with van der Waals surface area (Å²) in [4.78, 5) is 0. The topological polar surface area (TPSA) is 0 Å². The first-order valence-electron chi connectivity index (χ1n) is 9.20. The van der Waals surface area contributed by atoms with Crippen LogP contribution in [0.5, 0.6) is 0 Å². The highest BCUT2D eigenvalue weighted by molar-refractivity contribution is 5.48. The number of rotatable bonds is 8. The standard InChI is InChI=1S/C21H31F/c1-2-3-4-7-18-10-12-19(13-11-18)8-5-6-9-20-14-16-21(22)17-15-20/h6,9,14-19H,2-5,7-8,10-13H2,1H3/b9-6-. The predicted octanol–water partition coefficient (Wildman–Crippen LogP) is 7.01. The lowest BCUT2D eigenvalue weighted by Crippen LogP contribution is -2.14. The lowest BCUT2D eigenvalue weighted by molar-refractivity contribution is 0.250. The van der Waals surface area contributed by atoms with Crippen LogP contribution in [0.15, 0.2) is 30.3 Å². The van der Waals surface area contributed by atoms with Gasteiger partial charge in [-0.3, -0.25) is 0 Å². The maximum absolute atomic E-state index is 12.8. The van der Waals surface area contributed by atoms with Crippen LogP contribution in [0.4, 0.5) is 4.39 Å². The molecule has 1 aromatic carbocycles. The van der Waals surface area contributed by atoms with Crippen molar-refractivity contribution >= 4 is 6.08 Å². The Balaban J connectivity index is 1.59. The van der Waals surface area contributed by atoms with Crippen molar-refractivity contribution in [2.24, 2.45) is 11.8 Å². The lowest BCUT2D eigenvalue weighted by Gasteiger charge is -2.28. The zero-order valence-electron chi connectivity index (χ0n) is 14.1. The van der Waals surface area contributed by atoms with Crippen LogP contribution in [-0.2, 0) is 0 Å². The molecule has 2 rings (SSSR count). The molecule has 1 fully saturated rings. The normalized spacial score (nSPS) is 22.3. The Morgan fingerprint density at radius 1 is 0.955 bits per heavy atom. The van der Waals surface area contributed by atoms with Gasteiger partial charge in [-0.2, -0.15) is 0 Å². The minimum absolute atomic E-state index is 0.159. The van der Waals surface area contributed by atoms with E-state index >= 15 is 0 Å². The SMILES string of the molecule is CCCCCC1CCC(CC/C=C\c2ccc(F)cc2)CC1. The molecule has 0 atom stereocenters. The predicted molar refractivity (Wildman–Crippen MR) is 94.3 cm³/mol. The smallest absolute Gasteiger partial charge is 0.123 e. The summed E-state index contributed by atoms with van der Waals surface area (Å²) in [6.45, 7) is 2.29. The summed E-state index contributed by atoms with van der Waals surface area (Å²) < 4.78 is 12.8. The Labute approximate surface area is 135 Å². The second-order valence-electron chi connectivity index (χ2n) is 6.91. The lowest BCUT2D eigenvalue weighted by atomic mass is 9.78. The van der Waals surface area contributed by atoms with Gasteiger partial charge in [-0.15, -0.1) is 0 Å². The Morgan fingerprint density at radius 3 is 2.23 bits per heavy atom. The second-order valence-corrected chi connectivity index (χ2v) is 6.91. The van der Waals surface area contributed by atoms with E-state index in [9.17, 15) is 4.39 Å². The van der Waals surface area contributed by atoms with Crippen LogP contribution < -0.4 is 0 Å². The first-order chi connectivity index (χ1) is 10.8. The Morgan fingerprint density at radius 2 is 1.59 bits per heavy atom. The van der Waals surface area contributed by atoms with Crippen LogP contribution in [0.2, 0.25) is 0 Å². The van der Waals surface area contributed by atoms with Crippen molar-refractivity contribution in [1.82, 2.24) is 0 Å². The first-order valence-corrected chi connectivity index (χ1v) is 9.20. The number of unbranched alkanes of at least 4 members (excludes halogenated alkanes) is 2. The maximum Gasteiger partial charge on any atom is 0.123 e. The van der Waals surface area contributed by atoms with E-state index in [1.54, 1.807) is 0 Å². The average molecular weight is 302 g/mol. The number of allylic oxidation sites excluding steroid dienone is 1. The van der Waals surface area contributed by atoms with Crippen molar-refractivity contribution in [2.75, 3.05) is 0 Å². The third-order valence-electron chi connectivity index (χ3n) is 5.10. The summed E-state index contributed by atoms with van der Waals surface area (Å²) in [7, 11) is 0. The molecule has 0 aliphatic heterocycles. The summed E-state index contributed by atoms with van der Waals surface area (Å²) in [5, 5.41) is 0. The Bertz CT molecular complexity index is 424. The molecule has 1 heteroatoms. The summed E-state index contributed by atoms with van der Waals surface area (Å²) in [6, 6.07) is 6.74. The number of hydrogen-bond donors (Lipinski definition) is 0. The van der Waals surface area contributed by atoms with Gasteiger partial charge in [0.2, 0.25) is 0 Å². The minimum Gasteiger partial charge on any atom is -0.207 e. The number of benzene rings is 1. The van der Waals surface area contributed by atoms with Gasteiger partial charge in [-0.1, -0.05) is 82.6 Å². The molecular weight excluding hydrogens is 271 g/mol. The number of halogens is 1. The molecule has 0 amide bonds. The molecule has 1 aliphatic rings. The average Bonchev–Trinajstić information content (AvgIpc) is 2.55. The van der Waals surface area contributed by atoms with E-state index in [-0.39, 0.29) is 5.82 Å². The molecule has 0 aromatic heterocycles. The summed E-state index contributed by atoms with van der Waals surface area (Å²) in [5.41, 5.74) is 1.10. The largest absolute Gasteiger partial charge is 0.207 e. The molecule has 122 valence electrons. The van der Waals surface area contributed by atoms with Gasteiger partial charge in [0.15, 0.2) is 0 Å². The van der Waals surface area contributed by atoms with E-state index in [0.717, 1.165) is 23.8 Å². The monoisotopic (exact) mass is 302 g/mol. The molecular formula is C21H31F. The van der Waals surface area contributed by atoms with Crippen LogP contribution in [0.1, 0.15) is 76.7 Å². The van der Waals surface area contributed by atoms with E-state index in [4.69, 9.17) is 0 Å². The van der Waals surface area contributed by atoms with Crippen molar-refractivity contribution in [3.63, 3.8) is 0 Å². The van der Waals surface area contributed by atoms with Gasteiger partial charge in [0.1, 0.15) is 5.82 Å². The van der Waals surface area contributed by atoms with Gasteiger partial charge in [-0.25, -0.2) is 4.39 Å². The van der Waals surface area contributed by atoms with Crippen LogP contribution in [0.25, 0.3) is 6.08 Å². The van der Waals surface area contributed by atoms with E-state index in [0.29, 0.717) is 0 Å². The fourth-order valence-corrected chi connectivity index (χ4v) is 3.62. The zero-order valence-corrected chi connectivity index (χ0v) is 14.1. The van der Waals surface area contributed by atoms with E-state index in [1.807, 2.05) is 12.1 Å². The van der Waals surface area contributed by atoms with Crippen molar-refractivity contribution in [3.05, 3.63) is 41.7 Å². The summed E-state index contributed by atoms with van der Waals surface area (Å²) in [6.07, 6.45) is 18.3. The highest BCUT2D eigenvalue weighted by atomic mass is 19.1. The van der Waals surface area contributed by atoms with E-state index in [2.05, 4.69) is 19.1 Å². The summed E-state index contributed by atoms with van der Waals surface area (Å²) >= 11 is 0. The molecule has 1 aromatic rings. The number of hydrogen-bond acceptors (Lipinski definition) is 0.